The topological polar surface area (TPSA) is 58.8 Å². The minimum absolute atomic E-state index is 0.192. The van der Waals surface area contributed by atoms with Crippen LogP contribution in [0, 0.1) is 0 Å². The molecule has 2 fully saturated rings. The Labute approximate surface area is 116 Å². The summed E-state index contributed by atoms with van der Waals surface area (Å²) in [4.78, 5) is 16.2. The second-order valence-corrected chi connectivity index (χ2v) is 6.67. The maximum absolute atomic E-state index is 12.0. The van der Waals surface area contributed by atoms with Crippen molar-refractivity contribution in [2.24, 2.45) is 5.73 Å². The van der Waals surface area contributed by atoms with Crippen LogP contribution in [0.1, 0.15) is 40.0 Å². The average molecular weight is 269 g/mol. The van der Waals surface area contributed by atoms with Gasteiger partial charge in [-0.15, -0.1) is 0 Å². The third-order valence-electron chi connectivity index (χ3n) is 3.97. The zero-order valence-electron chi connectivity index (χ0n) is 12.4. The normalized spacial score (nSPS) is 29.6. The van der Waals surface area contributed by atoms with E-state index in [1.54, 1.807) is 0 Å². The number of hydrogen-bond acceptors (Lipinski definition) is 4. The Balaban J connectivity index is 1.80. The molecule has 19 heavy (non-hydrogen) atoms. The Hall–Kier alpha value is -0.810. The van der Waals surface area contributed by atoms with Crippen molar-refractivity contribution in [2.75, 3.05) is 26.2 Å². The Kier molecular flexibility index (Phi) is 4.36. The molecule has 110 valence electrons. The number of piperazine rings is 1. The van der Waals surface area contributed by atoms with Gasteiger partial charge < -0.3 is 15.4 Å². The Morgan fingerprint density at radius 2 is 1.79 bits per heavy atom. The van der Waals surface area contributed by atoms with Gasteiger partial charge in [-0.05, 0) is 33.6 Å². The van der Waals surface area contributed by atoms with E-state index < -0.39 is 5.60 Å². The summed E-state index contributed by atoms with van der Waals surface area (Å²) in [7, 11) is 0. The molecule has 1 saturated carbocycles. The molecule has 0 aromatic rings. The summed E-state index contributed by atoms with van der Waals surface area (Å²) >= 11 is 0. The first kappa shape index (κ1) is 14.6. The molecule has 0 aromatic heterocycles. The van der Waals surface area contributed by atoms with Crippen LogP contribution < -0.4 is 5.73 Å². The van der Waals surface area contributed by atoms with Gasteiger partial charge >= 0.3 is 6.09 Å². The van der Waals surface area contributed by atoms with E-state index in [2.05, 4.69) is 4.90 Å². The quantitative estimate of drug-likeness (QED) is 0.782. The van der Waals surface area contributed by atoms with E-state index in [1.165, 1.54) is 12.8 Å². The van der Waals surface area contributed by atoms with Crippen LogP contribution >= 0.6 is 0 Å². The number of ether oxygens (including phenoxy) is 1. The zero-order valence-corrected chi connectivity index (χ0v) is 12.4. The summed E-state index contributed by atoms with van der Waals surface area (Å²) < 4.78 is 5.40. The summed E-state index contributed by atoms with van der Waals surface area (Å²) in [5.74, 6) is 0. The van der Waals surface area contributed by atoms with Gasteiger partial charge in [-0.1, -0.05) is 6.42 Å². The lowest BCUT2D eigenvalue weighted by Crippen LogP contribution is -2.55. The number of carbonyl (C=O) groups excluding carboxylic acids is 1. The standard InChI is InChI=1S/C14H27N3O2/c1-14(2,3)19-13(18)17-9-7-16(8-10-17)12-6-4-5-11(12)15/h11-12H,4-10,15H2,1-3H3/t11-,12-/m0/s1. The third-order valence-corrected chi connectivity index (χ3v) is 3.97. The fourth-order valence-corrected chi connectivity index (χ4v) is 2.99. The molecule has 2 N–H and O–H groups in total. The second-order valence-electron chi connectivity index (χ2n) is 6.67. The van der Waals surface area contributed by atoms with Gasteiger partial charge in [0.1, 0.15) is 5.60 Å². The number of amides is 1. The average Bonchev–Trinajstić information content (AvgIpc) is 2.73. The predicted octanol–water partition coefficient (Wildman–Crippen LogP) is 1.42. The summed E-state index contributed by atoms with van der Waals surface area (Å²) in [6, 6.07) is 0.828. The fourth-order valence-electron chi connectivity index (χ4n) is 2.99. The molecule has 0 bridgehead atoms. The SMILES string of the molecule is CC(C)(C)OC(=O)N1CCN([C@H]2CCC[C@@H]2N)CC1. The molecule has 1 amide bonds. The first-order chi connectivity index (χ1) is 8.87. The smallest absolute Gasteiger partial charge is 0.410 e. The van der Waals surface area contributed by atoms with Gasteiger partial charge in [-0.3, -0.25) is 4.90 Å². The molecule has 5 heteroatoms. The minimum Gasteiger partial charge on any atom is -0.444 e. The Bertz CT molecular complexity index is 319. The van der Waals surface area contributed by atoms with Crippen LogP contribution in [0.15, 0.2) is 0 Å². The van der Waals surface area contributed by atoms with Gasteiger partial charge in [0.05, 0.1) is 0 Å². The molecule has 5 nitrogen and oxygen atoms in total. The Morgan fingerprint density at radius 1 is 1.16 bits per heavy atom. The van der Waals surface area contributed by atoms with Crippen LogP contribution in [0.5, 0.6) is 0 Å². The third kappa shape index (κ3) is 3.83. The number of rotatable bonds is 1. The van der Waals surface area contributed by atoms with E-state index in [0.29, 0.717) is 12.1 Å². The van der Waals surface area contributed by atoms with Crippen LogP contribution in [-0.4, -0.2) is 59.8 Å². The number of hydrogen-bond donors (Lipinski definition) is 1. The lowest BCUT2D eigenvalue weighted by atomic mass is 10.1. The number of nitrogens with zero attached hydrogens (tertiary/aromatic N) is 2. The van der Waals surface area contributed by atoms with Crippen LogP contribution in [0.4, 0.5) is 4.79 Å². The van der Waals surface area contributed by atoms with Crippen LogP contribution in [-0.2, 0) is 4.74 Å². The molecule has 0 unspecified atom stereocenters. The Morgan fingerprint density at radius 3 is 2.26 bits per heavy atom. The minimum atomic E-state index is -0.415. The molecule has 2 rings (SSSR count). The number of nitrogens with two attached hydrogens (primary N) is 1. The molecule has 1 aliphatic heterocycles. The van der Waals surface area contributed by atoms with Crippen LogP contribution in [0.2, 0.25) is 0 Å². The maximum atomic E-state index is 12.0. The predicted molar refractivity (Wildman–Crippen MR) is 75.0 cm³/mol. The highest BCUT2D eigenvalue weighted by molar-refractivity contribution is 5.68. The molecule has 2 atom stereocenters. The summed E-state index contributed by atoms with van der Waals surface area (Å²) in [6.07, 6.45) is 3.38. The monoisotopic (exact) mass is 269 g/mol. The highest BCUT2D eigenvalue weighted by Gasteiger charge is 2.33. The molecule has 1 heterocycles. The van der Waals surface area contributed by atoms with Crippen molar-refractivity contribution in [1.82, 2.24) is 9.80 Å². The van der Waals surface area contributed by atoms with Crippen molar-refractivity contribution < 1.29 is 9.53 Å². The van der Waals surface area contributed by atoms with Gasteiger partial charge in [0.2, 0.25) is 0 Å². The van der Waals surface area contributed by atoms with Crippen molar-refractivity contribution in [3.05, 3.63) is 0 Å². The van der Waals surface area contributed by atoms with E-state index in [4.69, 9.17) is 10.5 Å². The highest BCUT2D eigenvalue weighted by atomic mass is 16.6. The van der Waals surface area contributed by atoms with Crippen LogP contribution in [0.25, 0.3) is 0 Å². The first-order valence-corrected chi connectivity index (χ1v) is 7.34. The maximum Gasteiger partial charge on any atom is 0.410 e. The van der Waals surface area contributed by atoms with Crippen molar-refractivity contribution in [3.8, 4) is 0 Å². The second kappa shape index (κ2) is 5.67. The molecular formula is C14H27N3O2. The van der Waals surface area contributed by atoms with Crippen molar-refractivity contribution in [1.29, 1.82) is 0 Å². The van der Waals surface area contributed by atoms with Gasteiger partial charge in [-0.25, -0.2) is 4.79 Å². The van der Waals surface area contributed by atoms with E-state index in [1.807, 2.05) is 25.7 Å². The van der Waals surface area contributed by atoms with E-state index in [-0.39, 0.29) is 6.09 Å². The molecule has 0 spiro atoms. The van der Waals surface area contributed by atoms with Gasteiger partial charge in [0.15, 0.2) is 0 Å². The molecule has 1 aliphatic carbocycles. The summed E-state index contributed by atoms with van der Waals surface area (Å²) in [5.41, 5.74) is 5.73. The van der Waals surface area contributed by atoms with E-state index >= 15 is 0 Å². The largest absolute Gasteiger partial charge is 0.444 e. The van der Waals surface area contributed by atoms with Crippen LogP contribution in [0.3, 0.4) is 0 Å². The number of carbonyl (C=O) groups is 1. The highest BCUT2D eigenvalue weighted by Crippen LogP contribution is 2.24. The fraction of sp³-hybridized carbons (Fsp3) is 0.929. The lowest BCUT2D eigenvalue weighted by Gasteiger charge is -2.39. The molecule has 0 radical (unpaired) electrons. The molecular weight excluding hydrogens is 242 g/mol. The van der Waals surface area contributed by atoms with Gasteiger partial charge in [0, 0.05) is 38.3 Å². The lowest BCUT2D eigenvalue weighted by molar-refractivity contribution is 0.00994. The molecule has 0 aromatic carbocycles. The van der Waals surface area contributed by atoms with Crippen molar-refractivity contribution in [3.63, 3.8) is 0 Å². The first-order valence-electron chi connectivity index (χ1n) is 7.34. The summed E-state index contributed by atoms with van der Waals surface area (Å²) in [5, 5.41) is 0. The van der Waals surface area contributed by atoms with Gasteiger partial charge in [0.25, 0.3) is 0 Å². The zero-order chi connectivity index (χ0) is 14.0. The van der Waals surface area contributed by atoms with Gasteiger partial charge in [-0.2, -0.15) is 0 Å². The van der Waals surface area contributed by atoms with Crippen molar-refractivity contribution in [2.45, 2.75) is 57.7 Å². The van der Waals surface area contributed by atoms with E-state index in [9.17, 15) is 4.79 Å². The molecule has 1 saturated heterocycles. The van der Waals surface area contributed by atoms with Crippen molar-refractivity contribution >= 4 is 6.09 Å². The summed E-state index contributed by atoms with van der Waals surface area (Å²) in [6.45, 7) is 9.03. The van der Waals surface area contributed by atoms with E-state index in [0.717, 1.165) is 32.6 Å². The molecule has 2 aliphatic rings.